The van der Waals surface area contributed by atoms with Crippen LogP contribution >= 0.6 is 11.8 Å². The van der Waals surface area contributed by atoms with E-state index < -0.39 is 6.03 Å². The number of thioether (sulfide) groups is 1. The van der Waals surface area contributed by atoms with Crippen LogP contribution in [-0.2, 0) is 11.3 Å². The van der Waals surface area contributed by atoms with Gasteiger partial charge in [-0.2, -0.15) is 0 Å². The maximum Gasteiger partial charge on any atom is 0.321 e. The number of aromatic nitrogens is 3. The molecule has 2 aromatic rings. The molecule has 1 heterocycles. The van der Waals surface area contributed by atoms with Gasteiger partial charge < -0.3 is 9.88 Å². The fourth-order valence-electron chi connectivity index (χ4n) is 3.99. The second-order valence-corrected chi connectivity index (χ2v) is 9.31. The summed E-state index contributed by atoms with van der Waals surface area (Å²) in [7, 11) is 0. The molecule has 1 aromatic heterocycles. The molecule has 2 aliphatic rings. The molecule has 2 fully saturated rings. The fourth-order valence-corrected chi connectivity index (χ4v) is 4.74. The van der Waals surface area contributed by atoms with Gasteiger partial charge in [-0.1, -0.05) is 61.9 Å². The van der Waals surface area contributed by atoms with Gasteiger partial charge in [0.1, 0.15) is 5.82 Å². The molecule has 0 unspecified atom stereocenters. The van der Waals surface area contributed by atoms with Crippen molar-refractivity contribution in [3.05, 3.63) is 41.7 Å². The number of nitrogens with zero attached hydrogens (tertiary/aromatic N) is 3. The smallest absolute Gasteiger partial charge is 0.321 e. The summed E-state index contributed by atoms with van der Waals surface area (Å²) in [6.45, 7) is 2.84. The lowest BCUT2D eigenvalue weighted by molar-refractivity contribution is -0.117. The third-order valence-corrected chi connectivity index (χ3v) is 6.85. The van der Waals surface area contributed by atoms with Crippen LogP contribution in [0.4, 0.5) is 4.79 Å². The largest absolute Gasteiger partial charge is 0.335 e. The molecule has 2 aliphatic carbocycles. The van der Waals surface area contributed by atoms with Crippen LogP contribution in [-0.4, -0.2) is 38.5 Å². The summed E-state index contributed by atoms with van der Waals surface area (Å²) in [6, 6.07) is 9.93. The van der Waals surface area contributed by atoms with Crippen molar-refractivity contribution in [2.75, 3.05) is 5.75 Å². The zero-order valence-corrected chi connectivity index (χ0v) is 18.2. The van der Waals surface area contributed by atoms with E-state index in [9.17, 15) is 9.59 Å². The summed E-state index contributed by atoms with van der Waals surface area (Å²) in [5.41, 5.74) is 1.17. The van der Waals surface area contributed by atoms with Crippen LogP contribution < -0.4 is 10.6 Å². The highest BCUT2D eigenvalue weighted by Gasteiger charge is 2.30. The van der Waals surface area contributed by atoms with Crippen LogP contribution in [0.5, 0.6) is 0 Å². The molecule has 8 heteroatoms. The number of urea groups is 1. The number of rotatable bonds is 7. The van der Waals surface area contributed by atoms with Crippen LogP contribution in [0.15, 0.2) is 35.5 Å². The Bertz CT molecular complexity index is 881. The number of benzene rings is 1. The first-order chi connectivity index (χ1) is 14.6. The van der Waals surface area contributed by atoms with Gasteiger partial charge >= 0.3 is 6.03 Å². The van der Waals surface area contributed by atoms with E-state index in [-0.39, 0.29) is 17.7 Å². The lowest BCUT2D eigenvalue weighted by Gasteiger charge is -2.29. The Balaban J connectivity index is 1.33. The number of nitrogens with one attached hydrogen (secondary N) is 2. The van der Waals surface area contributed by atoms with Crippen molar-refractivity contribution in [3.8, 4) is 0 Å². The average molecular weight is 428 g/mol. The van der Waals surface area contributed by atoms with E-state index in [2.05, 4.69) is 44.5 Å². The van der Waals surface area contributed by atoms with Gasteiger partial charge in [-0.3, -0.25) is 10.1 Å². The Morgan fingerprint density at radius 2 is 1.87 bits per heavy atom. The summed E-state index contributed by atoms with van der Waals surface area (Å²) < 4.78 is 2.11. The van der Waals surface area contributed by atoms with E-state index in [4.69, 9.17) is 0 Å². The third-order valence-electron chi connectivity index (χ3n) is 5.88. The number of hydrogen-bond donors (Lipinski definition) is 2. The monoisotopic (exact) mass is 427 g/mol. The lowest BCUT2D eigenvalue weighted by Crippen LogP contribution is -2.48. The predicted molar refractivity (Wildman–Crippen MR) is 116 cm³/mol. The van der Waals surface area contributed by atoms with Gasteiger partial charge in [0.05, 0.1) is 12.3 Å². The number of imide groups is 1. The highest BCUT2D eigenvalue weighted by Crippen LogP contribution is 2.40. The quantitative estimate of drug-likeness (QED) is 0.658. The average Bonchev–Trinajstić information content (AvgIpc) is 3.51. The normalized spacial score (nSPS) is 21.2. The van der Waals surface area contributed by atoms with Crippen molar-refractivity contribution in [2.45, 2.75) is 69.1 Å². The molecule has 3 amide bonds. The van der Waals surface area contributed by atoms with Crippen LogP contribution in [0.2, 0.25) is 0 Å². The van der Waals surface area contributed by atoms with Gasteiger partial charge in [-0.15, -0.1) is 10.2 Å². The molecule has 2 N–H and O–H groups in total. The SMILES string of the molecule is C[C@@H]1CCCC[C@H]1NC(=O)NC(=O)CSc1nnc(C2CC2)n1Cc1ccccc1. The van der Waals surface area contributed by atoms with Gasteiger partial charge in [-0.25, -0.2) is 4.79 Å². The molecule has 0 bridgehead atoms. The molecule has 2 atom stereocenters. The fraction of sp³-hybridized carbons (Fsp3) is 0.545. The third kappa shape index (κ3) is 5.41. The Kier molecular flexibility index (Phi) is 6.72. The topological polar surface area (TPSA) is 88.9 Å². The molecule has 0 spiro atoms. The van der Waals surface area contributed by atoms with E-state index >= 15 is 0 Å². The predicted octanol–water partition coefficient (Wildman–Crippen LogP) is 3.70. The van der Waals surface area contributed by atoms with E-state index in [0.29, 0.717) is 18.4 Å². The van der Waals surface area contributed by atoms with Gasteiger partial charge in [0.15, 0.2) is 5.16 Å². The number of carbonyl (C=O) groups is 2. The maximum absolute atomic E-state index is 12.3. The van der Waals surface area contributed by atoms with Crippen LogP contribution in [0.25, 0.3) is 0 Å². The van der Waals surface area contributed by atoms with E-state index in [1.165, 1.54) is 23.7 Å². The van der Waals surface area contributed by atoms with Crippen molar-refractivity contribution in [1.29, 1.82) is 0 Å². The summed E-state index contributed by atoms with van der Waals surface area (Å²) in [4.78, 5) is 24.5. The molecule has 7 nitrogen and oxygen atoms in total. The van der Waals surface area contributed by atoms with Gasteiger partial charge in [-0.05, 0) is 37.2 Å². The van der Waals surface area contributed by atoms with Crippen LogP contribution in [0.3, 0.4) is 0 Å². The van der Waals surface area contributed by atoms with E-state index in [0.717, 1.165) is 43.1 Å². The van der Waals surface area contributed by atoms with Gasteiger partial charge in [0.2, 0.25) is 5.91 Å². The standard InChI is InChI=1S/C22H29N5O2S/c1-15-7-5-6-10-18(15)23-21(29)24-19(28)14-30-22-26-25-20(17-11-12-17)27(22)13-16-8-3-2-4-9-16/h2-4,8-9,15,17-18H,5-7,10-14H2,1H3,(H2,23,24,28,29)/t15-,18-/m1/s1. The maximum atomic E-state index is 12.3. The second-order valence-electron chi connectivity index (χ2n) is 8.37. The first-order valence-corrected chi connectivity index (χ1v) is 11.8. The first-order valence-electron chi connectivity index (χ1n) is 10.8. The van der Waals surface area contributed by atoms with E-state index in [1.807, 2.05) is 18.2 Å². The molecular formula is C22H29N5O2S. The summed E-state index contributed by atoms with van der Waals surface area (Å²) in [5.74, 6) is 1.72. The number of carbonyl (C=O) groups excluding carboxylic acids is 2. The highest BCUT2D eigenvalue weighted by molar-refractivity contribution is 7.99. The number of hydrogen-bond acceptors (Lipinski definition) is 5. The zero-order valence-electron chi connectivity index (χ0n) is 17.3. The molecule has 2 saturated carbocycles. The van der Waals surface area contributed by atoms with Crippen LogP contribution in [0, 0.1) is 5.92 Å². The molecular weight excluding hydrogens is 398 g/mol. The Labute approximate surface area is 181 Å². The van der Waals surface area contributed by atoms with Crippen molar-refractivity contribution < 1.29 is 9.59 Å². The minimum absolute atomic E-state index is 0.130. The molecule has 1 aromatic carbocycles. The number of amides is 3. The van der Waals surface area contributed by atoms with Crippen molar-refractivity contribution in [1.82, 2.24) is 25.4 Å². The minimum Gasteiger partial charge on any atom is -0.335 e. The van der Waals surface area contributed by atoms with Gasteiger partial charge in [0.25, 0.3) is 0 Å². The summed E-state index contributed by atoms with van der Waals surface area (Å²) in [5, 5.41) is 14.8. The van der Waals surface area contributed by atoms with Crippen molar-refractivity contribution in [3.63, 3.8) is 0 Å². The van der Waals surface area contributed by atoms with Crippen molar-refractivity contribution in [2.24, 2.45) is 5.92 Å². The van der Waals surface area contributed by atoms with Gasteiger partial charge in [0, 0.05) is 12.0 Å². The first kappa shape index (κ1) is 20.9. The zero-order chi connectivity index (χ0) is 20.9. The van der Waals surface area contributed by atoms with Crippen molar-refractivity contribution >= 4 is 23.7 Å². The molecule has 160 valence electrons. The Hall–Kier alpha value is -2.35. The van der Waals surface area contributed by atoms with E-state index in [1.54, 1.807) is 0 Å². The second kappa shape index (κ2) is 9.64. The minimum atomic E-state index is -0.399. The lowest BCUT2D eigenvalue weighted by atomic mass is 9.86. The molecule has 30 heavy (non-hydrogen) atoms. The summed E-state index contributed by atoms with van der Waals surface area (Å²) in [6.07, 6.45) is 6.71. The highest BCUT2D eigenvalue weighted by atomic mass is 32.2. The van der Waals surface area contributed by atoms with Crippen LogP contribution in [0.1, 0.15) is 62.8 Å². The Morgan fingerprint density at radius 3 is 2.60 bits per heavy atom. The molecule has 0 radical (unpaired) electrons. The molecule has 0 saturated heterocycles. The molecule has 0 aliphatic heterocycles. The molecule has 4 rings (SSSR count). The Morgan fingerprint density at radius 1 is 1.10 bits per heavy atom. The summed E-state index contributed by atoms with van der Waals surface area (Å²) >= 11 is 1.33.